The lowest BCUT2D eigenvalue weighted by Gasteiger charge is -2.31. The summed E-state index contributed by atoms with van der Waals surface area (Å²) in [6.45, 7) is 6.61. The third-order valence-corrected chi connectivity index (χ3v) is 3.95. The van der Waals surface area contributed by atoms with Gasteiger partial charge in [0.2, 0.25) is 0 Å². The summed E-state index contributed by atoms with van der Waals surface area (Å²) in [6.07, 6.45) is 2.22. The summed E-state index contributed by atoms with van der Waals surface area (Å²) in [7, 11) is 1.47. The van der Waals surface area contributed by atoms with Crippen LogP contribution in [0.5, 0.6) is 0 Å². The van der Waals surface area contributed by atoms with Crippen molar-refractivity contribution in [1.29, 1.82) is 0 Å². The van der Waals surface area contributed by atoms with Gasteiger partial charge in [0.25, 0.3) is 5.91 Å². The number of nitrogens with one attached hydrogen (secondary N) is 3. The van der Waals surface area contributed by atoms with Gasteiger partial charge >= 0.3 is 6.09 Å². The zero-order valence-corrected chi connectivity index (χ0v) is 18.0. The number of anilines is 3. The Morgan fingerprint density at radius 2 is 1.97 bits per heavy atom. The van der Waals surface area contributed by atoms with E-state index in [1.54, 1.807) is 39.0 Å². The number of benzene rings is 1. The molecule has 166 valence electrons. The van der Waals surface area contributed by atoms with Gasteiger partial charge < -0.3 is 20.2 Å². The lowest BCUT2D eigenvalue weighted by atomic mass is 10.1. The number of para-hydroxylation sites is 1. The Bertz CT molecular complexity index is 961. The van der Waals surface area contributed by atoms with Crippen molar-refractivity contribution in [3.63, 3.8) is 0 Å². The first-order chi connectivity index (χ1) is 14.6. The fourth-order valence-corrected chi connectivity index (χ4v) is 2.54. The standard InChI is InChI=1S/C21H26FN5O4/c1-13(12-28)27(20(30)31-21(2,3)4)26-17-8-6-7-16(19(29)23-5)18(17)25-15-9-14(22)10-24-11-15/h6-13,25-26H,1-5H3,(H,23,29)/t13-/m0/s1. The quantitative estimate of drug-likeness (QED) is 0.454. The number of ether oxygens (including phenoxy) is 1. The first-order valence-corrected chi connectivity index (χ1v) is 9.52. The lowest BCUT2D eigenvalue weighted by molar-refractivity contribution is -0.111. The van der Waals surface area contributed by atoms with E-state index in [2.05, 4.69) is 21.0 Å². The number of hydrazine groups is 1. The Morgan fingerprint density at radius 1 is 1.26 bits per heavy atom. The number of aldehydes is 1. The molecule has 0 saturated heterocycles. The van der Waals surface area contributed by atoms with Crippen molar-refractivity contribution in [3.8, 4) is 0 Å². The molecule has 0 aliphatic heterocycles. The van der Waals surface area contributed by atoms with Gasteiger partial charge in [0.15, 0.2) is 0 Å². The summed E-state index contributed by atoms with van der Waals surface area (Å²) in [5.41, 5.74) is 3.09. The fraction of sp³-hybridized carbons (Fsp3) is 0.333. The molecule has 0 fully saturated rings. The maximum atomic E-state index is 13.6. The van der Waals surface area contributed by atoms with Crippen LogP contribution < -0.4 is 16.1 Å². The summed E-state index contributed by atoms with van der Waals surface area (Å²) in [4.78, 5) is 40.3. The number of carbonyl (C=O) groups excluding carboxylic acids is 3. The summed E-state index contributed by atoms with van der Waals surface area (Å²) in [6, 6.07) is 5.07. The molecule has 0 saturated carbocycles. The number of amides is 2. The first-order valence-electron chi connectivity index (χ1n) is 9.52. The first kappa shape index (κ1) is 23.6. The molecule has 2 aromatic rings. The monoisotopic (exact) mass is 431 g/mol. The average molecular weight is 431 g/mol. The van der Waals surface area contributed by atoms with Gasteiger partial charge in [-0.2, -0.15) is 0 Å². The average Bonchev–Trinajstić information content (AvgIpc) is 2.70. The van der Waals surface area contributed by atoms with Gasteiger partial charge in [-0.15, -0.1) is 0 Å². The Balaban J connectivity index is 2.50. The van der Waals surface area contributed by atoms with Crippen LogP contribution in [0.1, 0.15) is 38.1 Å². The third-order valence-electron chi connectivity index (χ3n) is 3.95. The molecular weight excluding hydrogens is 405 g/mol. The zero-order chi connectivity index (χ0) is 23.2. The van der Waals surface area contributed by atoms with Crippen LogP contribution in [0.4, 0.5) is 26.2 Å². The molecule has 10 heteroatoms. The number of carbonyl (C=O) groups is 3. The minimum absolute atomic E-state index is 0.222. The molecule has 0 spiro atoms. The molecule has 9 nitrogen and oxygen atoms in total. The Kier molecular flexibility index (Phi) is 7.51. The molecule has 0 radical (unpaired) electrons. The smallest absolute Gasteiger partial charge is 0.429 e. The van der Waals surface area contributed by atoms with Crippen molar-refractivity contribution in [2.75, 3.05) is 17.8 Å². The van der Waals surface area contributed by atoms with Gasteiger partial charge in [0, 0.05) is 13.1 Å². The second-order valence-electron chi connectivity index (χ2n) is 7.66. The predicted octanol–water partition coefficient (Wildman–Crippen LogP) is 3.48. The Labute approximate surface area is 180 Å². The van der Waals surface area contributed by atoms with Gasteiger partial charge in [-0.1, -0.05) is 6.07 Å². The van der Waals surface area contributed by atoms with E-state index in [1.165, 1.54) is 26.2 Å². The number of hydrogen-bond acceptors (Lipinski definition) is 7. The van der Waals surface area contributed by atoms with E-state index >= 15 is 0 Å². The van der Waals surface area contributed by atoms with E-state index in [-0.39, 0.29) is 22.6 Å². The highest BCUT2D eigenvalue weighted by atomic mass is 19.1. The molecule has 0 unspecified atom stereocenters. The maximum Gasteiger partial charge on any atom is 0.429 e. The minimum Gasteiger partial charge on any atom is -0.442 e. The van der Waals surface area contributed by atoms with Crippen molar-refractivity contribution >= 4 is 35.3 Å². The third kappa shape index (κ3) is 6.39. The molecule has 3 N–H and O–H groups in total. The van der Waals surface area contributed by atoms with Crippen LogP contribution in [0.3, 0.4) is 0 Å². The molecule has 0 aliphatic rings. The van der Waals surface area contributed by atoms with Crippen LogP contribution >= 0.6 is 0 Å². The normalized spacial score (nSPS) is 11.8. The van der Waals surface area contributed by atoms with Crippen molar-refractivity contribution < 1.29 is 23.5 Å². The maximum absolute atomic E-state index is 13.6. The summed E-state index contributed by atoms with van der Waals surface area (Å²) >= 11 is 0. The van der Waals surface area contributed by atoms with Gasteiger partial charge in [0.1, 0.15) is 23.7 Å². The SMILES string of the molecule is CNC(=O)c1cccc(NN(C(=O)OC(C)(C)C)[C@@H](C)C=O)c1Nc1cncc(F)c1. The second kappa shape index (κ2) is 9.88. The molecule has 1 aromatic carbocycles. The molecule has 1 atom stereocenters. The molecule has 0 bridgehead atoms. The summed E-state index contributed by atoms with van der Waals surface area (Å²) in [5.74, 6) is -0.982. The Hall–Kier alpha value is -3.69. The van der Waals surface area contributed by atoms with Gasteiger partial charge in [-0.25, -0.2) is 14.2 Å². The van der Waals surface area contributed by atoms with Gasteiger partial charge in [-0.05, 0) is 39.8 Å². The van der Waals surface area contributed by atoms with Crippen LogP contribution in [0.2, 0.25) is 0 Å². The van der Waals surface area contributed by atoms with E-state index in [9.17, 15) is 18.8 Å². The highest BCUT2D eigenvalue weighted by Gasteiger charge is 2.27. The number of nitrogens with zero attached hydrogens (tertiary/aromatic N) is 2. The fourth-order valence-electron chi connectivity index (χ4n) is 2.54. The van der Waals surface area contributed by atoms with E-state index in [0.29, 0.717) is 6.29 Å². The molecule has 31 heavy (non-hydrogen) atoms. The van der Waals surface area contributed by atoms with E-state index < -0.39 is 29.5 Å². The van der Waals surface area contributed by atoms with Crippen molar-refractivity contribution in [2.45, 2.75) is 39.3 Å². The summed E-state index contributed by atoms with van der Waals surface area (Å²) < 4.78 is 19.0. The number of rotatable bonds is 7. The number of hydrogen-bond donors (Lipinski definition) is 3. The van der Waals surface area contributed by atoms with E-state index in [0.717, 1.165) is 11.2 Å². The minimum atomic E-state index is -0.887. The predicted molar refractivity (Wildman–Crippen MR) is 115 cm³/mol. The van der Waals surface area contributed by atoms with E-state index in [4.69, 9.17) is 4.74 Å². The summed E-state index contributed by atoms with van der Waals surface area (Å²) in [5, 5.41) is 6.49. The highest BCUT2D eigenvalue weighted by molar-refractivity contribution is 6.03. The van der Waals surface area contributed by atoms with Gasteiger partial charge in [-0.3, -0.25) is 15.2 Å². The van der Waals surface area contributed by atoms with Crippen LogP contribution in [-0.2, 0) is 9.53 Å². The molecule has 1 heterocycles. The second-order valence-corrected chi connectivity index (χ2v) is 7.66. The van der Waals surface area contributed by atoms with E-state index in [1.807, 2.05) is 0 Å². The van der Waals surface area contributed by atoms with Crippen molar-refractivity contribution in [3.05, 3.63) is 48.0 Å². The highest BCUT2D eigenvalue weighted by Crippen LogP contribution is 2.31. The Morgan fingerprint density at radius 3 is 2.55 bits per heavy atom. The van der Waals surface area contributed by atoms with Crippen LogP contribution in [0.25, 0.3) is 0 Å². The number of halogens is 1. The lowest BCUT2D eigenvalue weighted by Crippen LogP contribution is -2.46. The number of pyridine rings is 1. The molecule has 0 aliphatic carbocycles. The number of aromatic nitrogens is 1. The zero-order valence-electron chi connectivity index (χ0n) is 18.0. The van der Waals surface area contributed by atoms with Crippen LogP contribution in [-0.4, -0.2) is 47.0 Å². The molecule has 1 aromatic heterocycles. The van der Waals surface area contributed by atoms with Crippen LogP contribution in [0.15, 0.2) is 36.7 Å². The van der Waals surface area contributed by atoms with Crippen molar-refractivity contribution in [2.24, 2.45) is 0 Å². The van der Waals surface area contributed by atoms with Gasteiger partial charge in [0.05, 0.1) is 35.0 Å². The molecule has 2 amide bonds. The largest absolute Gasteiger partial charge is 0.442 e. The topological polar surface area (TPSA) is 113 Å². The van der Waals surface area contributed by atoms with Crippen LogP contribution in [0, 0.1) is 5.82 Å². The van der Waals surface area contributed by atoms with Crippen molar-refractivity contribution in [1.82, 2.24) is 15.3 Å². The molecular formula is C21H26FN5O4. The molecule has 2 rings (SSSR count).